The minimum absolute atomic E-state index is 0.0835. The Morgan fingerprint density at radius 1 is 0.848 bits per heavy atom. The van der Waals surface area contributed by atoms with Crippen LogP contribution in [0.15, 0.2) is 24.3 Å². The van der Waals surface area contributed by atoms with Crippen LogP contribution in [0.1, 0.15) is 97.0 Å². The van der Waals surface area contributed by atoms with E-state index in [4.69, 9.17) is 4.74 Å². The first-order valence-corrected chi connectivity index (χ1v) is 12.8. The molecule has 0 aliphatic rings. The molecule has 192 valence electrons. The van der Waals surface area contributed by atoms with Crippen LogP contribution < -0.4 is 4.74 Å². The van der Waals surface area contributed by atoms with Crippen LogP contribution >= 0.6 is 0 Å². The fraction of sp³-hybridized carbons (Fsp3) is 0.741. The summed E-state index contributed by atoms with van der Waals surface area (Å²) in [6.45, 7) is 8.71. The molecule has 0 saturated heterocycles. The number of halogens is 3. The maximum atomic E-state index is 12.2. The zero-order chi connectivity index (χ0) is 25.0. The second kappa shape index (κ2) is 19.9. The van der Waals surface area contributed by atoms with Crippen molar-refractivity contribution in [2.75, 3.05) is 26.7 Å². The first-order valence-electron chi connectivity index (χ1n) is 12.8. The molecule has 0 heterocycles. The van der Waals surface area contributed by atoms with Crippen LogP contribution in [0.3, 0.4) is 0 Å². The predicted molar refractivity (Wildman–Crippen MR) is 132 cm³/mol. The molecule has 0 unspecified atom stereocenters. The normalized spacial score (nSPS) is 11.3. The maximum absolute atomic E-state index is 12.2. The van der Waals surface area contributed by atoms with Crippen LogP contribution in [0.4, 0.5) is 13.2 Å². The number of rotatable bonds is 18. The SMILES string of the molecule is CC.CCCCCCCCCCCCN(C)CCOc1ccc(CCC(=O)C(F)(F)F)cc1. The fourth-order valence-corrected chi connectivity index (χ4v) is 3.45. The quantitative estimate of drug-likeness (QED) is 0.202. The van der Waals surface area contributed by atoms with E-state index >= 15 is 0 Å². The molecule has 0 aromatic heterocycles. The highest BCUT2D eigenvalue weighted by molar-refractivity contribution is 5.84. The van der Waals surface area contributed by atoms with Crippen molar-refractivity contribution >= 4 is 5.78 Å². The third-order valence-corrected chi connectivity index (χ3v) is 5.52. The molecule has 6 heteroatoms. The highest BCUT2D eigenvalue weighted by Crippen LogP contribution is 2.20. The van der Waals surface area contributed by atoms with E-state index in [-0.39, 0.29) is 6.42 Å². The average molecular weight is 474 g/mol. The van der Waals surface area contributed by atoms with Gasteiger partial charge in [-0.15, -0.1) is 0 Å². The van der Waals surface area contributed by atoms with Crippen molar-refractivity contribution in [2.45, 2.75) is 104 Å². The standard InChI is InChI=1S/C25H40F3NO2.C2H6/c1-3-4-5-6-7-8-9-10-11-12-19-29(2)20-21-31-23-16-13-22(14-17-23)15-18-24(30)25(26,27)28;1-2/h13-14,16-17H,3-12,15,18-21H2,1-2H3;1-2H3. The van der Waals surface area contributed by atoms with Gasteiger partial charge in [0.2, 0.25) is 5.78 Å². The van der Waals surface area contributed by atoms with Crippen molar-refractivity contribution in [1.29, 1.82) is 0 Å². The molecule has 0 N–H and O–H groups in total. The Morgan fingerprint density at radius 3 is 1.88 bits per heavy atom. The molecular formula is C27H46F3NO2. The van der Waals surface area contributed by atoms with Gasteiger partial charge in [0.05, 0.1) is 0 Å². The second-order valence-electron chi connectivity index (χ2n) is 8.40. The summed E-state index contributed by atoms with van der Waals surface area (Å²) < 4.78 is 42.4. The Labute approximate surface area is 200 Å². The van der Waals surface area contributed by atoms with Gasteiger partial charge in [-0.1, -0.05) is 90.7 Å². The number of alkyl halides is 3. The summed E-state index contributed by atoms with van der Waals surface area (Å²) in [6, 6.07) is 6.92. The topological polar surface area (TPSA) is 29.5 Å². The minimum Gasteiger partial charge on any atom is -0.492 e. The van der Waals surface area contributed by atoms with Crippen molar-refractivity contribution < 1.29 is 22.7 Å². The summed E-state index contributed by atoms with van der Waals surface area (Å²) in [5.74, 6) is -0.989. The van der Waals surface area contributed by atoms with Crippen LogP contribution in [-0.4, -0.2) is 43.6 Å². The molecule has 1 rings (SSSR count). The van der Waals surface area contributed by atoms with E-state index in [2.05, 4.69) is 18.9 Å². The molecule has 1 aromatic carbocycles. The van der Waals surface area contributed by atoms with Crippen molar-refractivity contribution in [3.05, 3.63) is 29.8 Å². The number of unbranched alkanes of at least 4 members (excludes halogenated alkanes) is 9. The van der Waals surface area contributed by atoms with Gasteiger partial charge in [0.1, 0.15) is 12.4 Å². The van der Waals surface area contributed by atoms with Crippen LogP contribution in [0.25, 0.3) is 0 Å². The minimum atomic E-state index is -4.75. The number of benzene rings is 1. The summed E-state index contributed by atoms with van der Waals surface area (Å²) in [5.41, 5.74) is 0.697. The van der Waals surface area contributed by atoms with Crippen LogP contribution in [0, 0.1) is 0 Å². The van der Waals surface area contributed by atoms with Gasteiger partial charge in [0, 0.05) is 13.0 Å². The van der Waals surface area contributed by atoms with E-state index in [1.54, 1.807) is 24.3 Å². The maximum Gasteiger partial charge on any atom is 0.449 e. The molecule has 1 aromatic rings. The lowest BCUT2D eigenvalue weighted by Gasteiger charge is -2.17. The number of nitrogens with zero attached hydrogens (tertiary/aromatic N) is 1. The summed E-state index contributed by atoms with van der Waals surface area (Å²) in [7, 11) is 2.10. The van der Waals surface area contributed by atoms with Gasteiger partial charge >= 0.3 is 6.18 Å². The van der Waals surface area contributed by atoms with E-state index in [1.807, 2.05) is 13.8 Å². The molecule has 33 heavy (non-hydrogen) atoms. The first kappa shape index (κ1) is 31.4. The Morgan fingerprint density at radius 2 is 1.36 bits per heavy atom. The number of ketones is 1. The lowest BCUT2D eigenvalue weighted by molar-refractivity contribution is -0.171. The molecule has 0 fully saturated rings. The lowest BCUT2D eigenvalue weighted by Crippen LogP contribution is -2.25. The average Bonchev–Trinajstić information content (AvgIpc) is 2.80. The van der Waals surface area contributed by atoms with E-state index in [9.17, 15) is 18.0 Å². The van der Waals surface area contributed by atoms with E-state index in [0.29, 0.717) is 17.9 Å². The van der Waals surface area contributed by atoms with E-state index < -0.39 is 18.4 Å². The van der Waals surface area contributed by atoms with Crippen LogP contribution in [0.5, 0.6) is 5.75 Å². The van der Waals surface area contributed by atoms with Crippen molar-refractivity contribution in [3.63, 3.8) is 0 Å². The summed E-state index contributed by atoms with van der Waals surface area (Å²) >= 11 is 0. The molecule has 0 radical (unpaired) electrons. The van der Waals surface area contributed by atoms with Gasteiger partial charge in [-0.25, -0.2) is 0 Å². The van der Waals surface area contributed by atoms with Crippen molar-refractivity contribution in [2.24, 2.45) is 0 Å². The Hall–Kier alpha value is -1.56. The molecule has 0 saturated carbocycles. The third kappa shape index (κ3) is 17.6. The highest BCUT2D eigenvalue weighted by Gasteiger charge is 2.37. The summed E-state index contributed by atoms with van der Waals surface area (Å²) in [5, 5.41) is 0. The number of hydrogen-bond donors (Lipinski definition) is 0. The zero-order valence-corrected chi connectivity index (χ0v) is 21.3. The van der Waals surface area contributed by atoms with Gasteiger partial charge < -0.3 is 9.64 Å². The number of hydrogen-bond acceptors (Lipinski definition) is 3. The Balaban J connectivity index is 0.00000497. The molecule has 0 aliphatic heterocycles. The Kier molecular flexibility index (Phi) is 18.9. The van der Waals surface area contributed by atoms with Gasteiger partial charge in [0.15, 0.2) is 0 Å². The lowest BCUT2D eigenvalue weighted by atomic mass is 10.1. The van der Waals surface area contributed by atoms with Crippen LogP contribution in [-0.2, 0) is 11.2 Å². The van der Waals surface area contributed by atoms with Gasteiger partial charge in [-0.3, -0.25) is 4.79 Å². The highest BCUT2D eigenvalue weighted by atomic mass is 19.4. The van der Waals surface area contributed by atoms with Gasteiger partial charge in [0.25, 0.3) is 0 Å². The Bertz CT molecular complexity index is 588. The molecule has 0 spiro atoms. The third-order valence-electron chi connectivity index (χ3n) is 5.52. The van der Waals surface area contributed by atoms with E-state index in [1.165, 1.54) is 64.2 Å². The number of ether oxygens (including phenoxy) is 1. The predicted octanol–water partition coefficient (Wildman–Crippen LogP) is 8.01. The summed E-state index contributed by atoms with van der Waals surface area (Å²) in [4.78, 5) is 13.2. The first-order chi connectivity index (χ1) is 15.8. The number of Topliss-reactive ketones (excluding diaryl/α,β-unsaturated/α-hetero) is 1. The van der Waals surface area contributed by atoms with Crippen LogP contribution in [0.2, 0.25) is 0 Å². The fourth-order valence-electron chi connectivity index (χ4n) is 3.45. The summed E-state index contributed by atoms with van der Waals surface area (Å²) in [6.07, 6.45) is 8.16. The van der Waals surface area contributed by atoms with Gasteiger partial charge in [-0.05, 0) is 44.1 Å². The number of carbonyl (C=O) groups is 1. The van der Waals surface area contributed by atoms with Gasteiger partial charge in [-0.2, -0.15) is 13.2 Å². The number of aryl methyl sites for hydroxylation is 1. The van der Waals surface area contributed by atoms with E-state index in [0.717, 1.165) is 13.1 Å². The molecule has 0 aliphatic carbocycles. The molecular weight excluding hydrogens is 427 g/mol. The molecule has 0 bridgehead atoms. The molecule has 3 nitrogen and oxygen atoms in total. The van der Waals surface area contributed by atoms with Crippen molar-refractivity contribution in [3.8, 4) is 5.75 Å². The van der Waals surface area contributed by atoms with Crippen molar-refractivity contribution in [1.82, 2.24) is 4.90 Å². The number of likely N-dealkylation sites (N-methyl/N-ethyl adjacent to an activating group) is 1. The monoisotopic (exact) mass is 473 g/mol. The molecule has 0 amide bonds. The largest absolute Gasteiger partial charge is 0.492 e. The smallest absolute Gasteiger partial charge is 0.449 e. The molecule has 0 atom stereocenters. The number of carbonyl (C=O) groups excluding carboxylic acids is 1. The second-order valence-corrected chi connectivity index (χ2v) is 8.40. The zero-order valence-electron chi connectivity index (χ0n) is 21.3.